The van der Waals surface area contributed by atoms with Crippen LogP contribution in [0.1, 0.15) is 16.4 Å². The first-order valence-electron chi connectivity index (χ1n) is 8.17. The molecule has 0 radical (unpaired) electrons. The van der Waals surface area contributed by atoms with E-state index in [0.717, 1.165) is 4.88 Å². The Morgan fingerprint density at radius 2 is 1.74 bits per heavy atom. The van der Waals surface area contributed by atoms with E-state index < -0.39 is 23.7 Å². The van der Waals surface area contributed by atoms with Crippen LogP contribution in [0.5, 0.6) is 0 Å². The molecule has 140 valence electrons. The maximum atomic E-state index is 13.8. The van der Waals surface area contributed by atoms with E-state index in [1.165, 1.54) is 32.4 Å². The van der Waals surface area contributed by atoms with Crippen molar-refractivity contribution in [2.45, 2.75) is 12.5 Å². The fraction of sp³-hybridized carbons (Fsp3) is 0.200. The second kappa shape index (κ2) is 8.18. The van der Waals surface area contributed by atoms with Crippen molar-refractivity contribution >= 4 is 23.3 Å². The van der Waals surface area contributed by atoms with Gasteiger partial charge in [0.2, 0.25) is 0 Å². The zero-order chi connectivity index (χ0) is 19.4. The van der Waals surface area contributed by atoms with Gasteiger partial charge in [0, 0.05) is 17.3 Å². The Morgan fingerprint density at radius 3 is 2.26 bits per heavy atom. The van der Waals surface area contributed by atoms with Crippen LogP contribution in [0.3, 0.4) is 0 Å². The molecular weight excluding hydrogens is 369 g/mol. The Balaban J connectivity index is 2.09. The van der Waals surface area contributed by atoms with Gasteiger partial charge in [-0.2, -0.15) is 0 Å². The van der Waals surface area contributed by atoms with Gasteiger partial charge in [-0.25, -0.2) is 14.0 Å². The minimum absolute atomic E-state index is 0.238. The summed E-state index contributed by atoms with van der Waals surface area (Å²) >= 11 is 1.56. The van der Waals surface area contributed by atoms with Gasteiger partial charge in [-0.15, -0.1) is 11.3 Å². The van der Waals surface area contributed by atoms with Crippen molar-refractivity contribution < 1.29 is 23.5 Å². The summed E-state index contributed by atoms with van der Waals surface area (Å²) in [6.07, 6.45) is 3.27. The molecule has 0 spiro atoms. The van der Waals surface area contributed by atoms with E-state index in [-0.39, 0.29) is 11.1 Å². The molecule has 3 rings (SSSR count). The lowest BCUT2D eigenvalue weighted by Crippen LogP contribution is -2.28. The predicted octanol–water partition coefficient (Wildman–Crippen LogP) is 3.60. The SMILES string of the molecule is COC(=O)C1=CN(Cc2cccs2)C=C(C(=O)OC)C1c1cccc(F)c1. The summed E-state index contributed by atoms with van der Waals surface area (Å²) in [6.45, 7) is 0.481. The molecule has 27 heavy (non-hydrogen) atoms. The van der Waals surface area contributed by atoms with E-state index in [0.29, 0.717) is 12.1 Å². The van der Waals surface area contributed by atoms with Crippen molar-refractivity contribution in [1.82, 2.24) is 4.90 Å². The minimum Gasteiger partial charge on any atom is -0.466 e. The maximum absolute atomic E-state index is 13.8. The summed E-state index contributed by atoms with van der Waals surface area (Å²) in [5.41, 5.74) is 0.948. The van der Waals surface area contributed by atoms with Gasteiger partial charge >= 0.3 is 11.9 Å². The third-order valence-electron chi connectivity index (χ3n) is 4.17. The highest BCUT2D eigenvalue weighted by molar-refractivity contribution is 7.09. The Labute approximate surface area is 160 Å². The van der Waals surface area contributed by atoms with Crippen LogP contribution in [-0.2, 0) is 25.6 Å². The van der Waals surface area contributed by atoms with Crippen molar-refractivity contribution in [3.8, 4) is 0 Å². The van der Waals surface area contributed by atoms with Crippen molar-refractivity contribution in [3.05, 3.63) is 81.6 Å². The van der Waals surface area contributed by atoms with E-state index in [2.05, 4.69) is 0 Å². The van der Waals surface area contributed by atoms with Crippen LogP contribution in [0.4, 0.5) is 4.39 Å². The number of ether oxygens (including phenoxy) is 2. The molecule has 0 N–H and O–H groups in total. The van der Waals surface area contributed by atoms with Gasteiger partial charge in [-0.1, -0.05) is 18.2 Å². The number of rotatable bonds is 5. The van der Waals surface area contributed by atoms with Gasteiger partial charge in [0.25, 0.3) is 0 Å². The number of benzene rings is 1. The molecule has 0 unspecified atom stereocenters. The van der Waals surface area contributed by atoms with Crippen LogP contribution in [0, 0.1) is 5.82 Å². The topological polar surface area (TPSA) is 55.8 Å². The van der Waals surface area contributed by atoms with Crippen molar-refractivity contribution in [2.75, 3.05) is 14.2 Å². The summed E-state index contributed by atoms with van der Waals surface area (Å²) in [5, 5.41) is 1.95. The fourth-order valence-corrected chi connectivity index (χ4v) is 3.72. The second-order valence-electron chi connectivity index (χ2n) is 5.89. The number of thiophene rings is 1. The number of nitrogens with zero attached hydrogens (tertiary/aromatic N) is 1. The molecular formula is C20H18FNO4S. The molecule has 0 atom stereocenters. The number of carbonyl (C=O) groups excluding carboxylic acids is 2. The molecule has 7 heteroatoms. The van der Waals surface area contributed by atoms with E-state index in [9.17, 15) is 14.0 Å². The molecule has 0 fully saturated rings. The predicted molar refractivity (Wildman–Crippen MR) is 99.2 cm³/mol. The smallest absolute Gasteiger partial charge is 0.336 e. The molecule has 1 aromatic carbocycles. The highest BCUT2D eigenvalue weighted by Gasteiger charge is 2.35. The summed E-state index contributed by atoms with van der Waals surface area (Å²) in [6, 6.07) is 9.68. The average Bonchev–Trinajstić information content (AvgIpc) is 3.19. The largest absolute Gasteiger partial charge is 0.466 e. The minimum atomic E-state index is -0.778. The molecule has 2 aromatic rings. The zero-order valence-electron chi connectivity index (χ0n) is 14.8. The molecule has 0 amide bonds. The molecule has 2 heterocycles. The van der Waals surface area contributed by atoms with E-state index in [1.54, 1.807) is 34.7 Å². The Hall–Kier alpha value is -2.93. The number of hydrogen-bond donors (Lipinski definition) is 0. The van der Waals surface area contributed by atoms with Gasteiger partial charge in [-0.05, 0) is 29.1 Å². The maximum Gasteiger partial charge on any atom is 0.336 e. The highest BCUT2D eigenvalue weighted by Crippen LogP contribution is 2.37. The molecule has 1 aromatic heterocycles. The Morgan fingerprint density at radius 1 is 1.07 bits per heavy atom. The third-order valence-corrected chi connectivity index (χ3v) is 5.04. The molecule has 0 bridgehead atoms. The van der Waals surface area contributed by atoms with Gasteiger partial charge in [0.15, 0.2) is 0 Å². The van der Waals surface area contributed by atoms with Gasteiger partial charge in [0.05, 0.1) is 37.8 Å². The lowest BCUT2D eigenvalue weighted by molar-refractivity contribution is -0.137. The molecule has 0 aliphatic carbocycles. The molecule has 1 aliphatic rings. The molecule has 5 nitrogen and oxygen atoms in total. The monoisotopic (exact) mass is 387 g/mol. The van der Waals surface area contributed by atoms with Crippen LogP contribution in [-0.4, -0.2) is 31.1 Å². The zero-order valence-corrected chi connectivity index (χ0v) is 15.7. The summed E-state index contributed by atoms with van der Waals surface area (Å²) in [7, 11) is 2.54. The number of methoxy groups -OCH3 is 2. The molecule has 1 aliphatic heterocycles. The van der Waals surface area contributed by atoms with Gasteiger partial charge < -0.3 is 14.4 Å². The number of hydrogen-bond acceptors (Lipinski definition) is 6. The van der Waals surface area contributed by atoms with Crippen molar-refractivity contribution in [2.24, 2.45) is 0 Å². The number of esters is 2. The fourth-order valence-electron chi connectivity index (χ4n) is 3.01. The quantitative estimate of drug-likeness (QED) is 0.734. The van der Waals surface area contributed by atoms with Crippen LogP contribution >= 0.6 is 11.3 Å². The van der Waals surface area contributed by atoms with E-state index in [1.807, 2.05) is 17.5 Å². The first-order chi connectivity index (χ1) is 13.0. The molecule has 0 saturated carbocycles. The Bertz CT molecular complexity index is 870. The lowest BCUT2D eigenvalue weighted by atomic mass is 9.83. The van der Waals surface area contributed by atoms with Crippen LogP contribution in [0.15, 0.2) is 65.3 Å². The Kier molecular flexibility index (Phi) is 5.71. The summed E-state index contributed by atoms with van der Waals surface area (Å²) < 4.78 is 23.6. The third kappa shape index (κ3) is 4.09. The van der Waals surface area contributed by atoms with Crippen LogP contribution < -0.4 is 0 Å². The molecule has 0 saturated heterocycles. The number of carbonyl (C=O) groups is 2. The second-order valence-corrected chi connectivity index (χ2v) is 6.92. The summed E-state index contributed by atoms with van der Waals surface area (Å²) in [5.74, 6) is -2.41. The van der Waals surface area contributed by atoms with Crippen LogP contribution in [0.2, 0.25) is 0 Å². The van der Waals surface area contributed by atoms with Crippen molar-refractivity contribution in [3.63, 3.8) is 0 Å². The summed E-state index contributed by atoms with van der Waals surface area (Å²) in [4.78, 5) is 27.7. The highest BCUT2D eigenvalue weighted by atomic mass is 32.1. The van der Waals surface area contributed by atoms with Crippen molar-refractivity contribution in [1.29, 1.82) is 0 Å². The lowest BCUT2D eigenvalue weighted by Gasteiger charge is -2.29. The van der Waals surface area contributed by atoms with Gasteiger partial charge in [0.1, 0.15) is 5.82 Å². The average molecular weight is 387 g/mol. The normalized spacial score (nSPS) is 14.4. The first-order valence-corrected chi connectivity index (χ1v) is 9.05. The standard InChI is InChI=1S/C20H18FNO4S/c1-25-19(23)16-11-22(10-15-7-4-8-27-15)12-17(20(24)26-2)18(16)13-5-3-6-14(21)9-13/h3-9,11-12,18H,10H2,1-2H3. The van der Waals surface area contributed by atoms with Gasteiger partial charge in [-0.3, -0.25) is 0 Å². The van der Waals surface area contributed by atoms with Crippen LogP contribution in [0.25, 0.3) is 0 Å². The van der Waals surface area contributed by atoms with E-state index >= 15 is 0 Å². The number of halogens is 1. The van der Waals surface area contributed by atoms with E-state index in [4.69, 9.17) is 9.47 Å². The first kappa shape index (κ1) is 18.8.